The van der Waals surface area contributed by atoms with Gasteiger partial charge in [-0.15, -0.1) is 13.2 Å². The van der Waals surface area contributed by atoms with Crippen molar-refractivity contribution in [3.63, 3.8) is 0 Å². The van der Waals surface area contributed by atoms with Gasteiger partial charge in [0.05, 0.1) is 17.5 Å². The van der Waals surface area contributed by atoms with E-state index in [2.05, 4.69) is 4.74 Å². The molecule has 0 aliphatic carbocycles. The summed E-state index contributed by atoms with van der Waals surface area (Å²) in [5.74, 6) is -2.35. The minimum absolute atomic E-state index is 0. The molecular weight excluding hydrogens is 286 g/mol. The van der Waals surface area contributed by atoms with Gasteiger partial charge in [-0.1, -0.05) is 0 Å². The molecule has 1 rings (SSSR count). The standard InChI is InChI=1S/C12H10F3NO3.Na/c1-11(2,6-16)8-3-7(10(17)18)4-9(5-8)19-12(13,14)15;/h3-5H,1-2H3,(H,17,18);/q;+1/p-1. The third kappa shape index (κ3) is 5.04. The summed E-state index contributed by atoms with van der Waals surface area (Å²) in [6.07, 6.45) is -4.95. The van der Waals surface area contributed by atoms with E-state index < -0.39 is 29.1 Å². The van der Waals surface area contributed by atoms with Crippen molar-refractivity contribution in [2.24, 2.45) is 0 Å². The molecule has 0 spiro atoms. The Morgan fingerprint density at radius 2 is 1.85 bits per heavy atom. The van der Waals surface area contributed by atoms with Gasteiger partial charge in [-0.25, -0.2) is 0 Å². The van der Waals surface area contributed by atoms with Crippen LogP contribution in [-0.4, -0.2) is 12.3 Å². The van der Waals surface area contributed by atoms with E-state index in [-0.39, 0.29) is 35.1 Å². The Bertz CT molecular complexity index is 550. The molecule has 0 N–H and O–H groups in total. The van der Waals surface area contributed by atoms with E-state index in [1.807, 2.05) is 6.07 Å². The van der Waals surface area contributed by atoms with Crippen LogP contribution in [0.15, 0.2) is 18.2 Å². The summed E-state index contributed by atoms with van der Waals surface area (Å²) in [5, 5.41) is 19.7. The summed E-state index contributed by atoms with van der Waals surface area (Å²) in [4.78, 5) is 10.8. The van der Waals surface area contributed by atoms with Crippen LogP contribution < -0.4 is 39.4 Å². The maximum absolute atomic E-state index is 12.1. The second-order valence-electron chi connectivity index (χ2n) is 4.32. The van der Waals surface area contributed by atoms with E-state index in [0.29, 0.717) is 6.07 Å². The molecule has 0 fully saturated rings. The molecule has 0 saturated heterocycles. The number of carboxylic acid groups (broad SMARTS) is 1. The summed E-state index contributed by atoms with van der Waals surface area (Å²) in [7, 11) is 0. The van der Waals surface area contributed by atoms with Crippen LogP contribution in [-0.2, 0) is 5.41 Å². The van der Waals surface area contributed by atoms with Gasteiger partial charge in [-0.2, -0.15) is 5.26 Å². The number of aromatic carboxylic acids is 1. The molecular formula is C12H9F3NNaO3. The van der Waals surface area contributed by atoms with Crippen LogP contribution in [0.2, 0.25) is 0 Å². The van der Waals surface area contributed by atoms with Crippen molar-refractivity contribution >= 4 is 5.97 Å². The molecule has 8 heteroatoms. The molecule has 1 aromatic rings. The maximum Gasteiger partial charge on any atom is 1.00 e. The molecule has 0 heterocycles. The number of hydrogen-bond acceptors (Lipinski definition) is 4. The molecule has 0 unspecified atom stereocenters. The third-order valence-electron chi connectivity index (χ3n) is 2.38. The van der Waals surface area contributed by atoms with Gasteiger partial charge in [0.15, 0.2) is 0 Å². The zero-order valence-electron chi connectivity index (χ0n) is 11.0. The summed E-state index contributed by atoms with van der Waals surface area (Å²) >= 11 is 0. The van der Waals surface area contributed by atoms with E-state index in [1.54, 1.807) is 0 Å². The molecule has 0 bridgehead atoms. The van der Waals surface area contributed by atoms with Gasteiger partial charge in [0, 0.05) is 5.56 Å². The topological polar surface area (TPSA) is 73.1 Å². The third-order valence-corrected chi connectivity index (χ3v) is 2.38. The Kier molecular flexibility index (Phi) is 6.08. The van der Waals surface area contributed by atoms with Gasteiger partial charge >= 0.3 is 35.9 Å². The summed E-state index contributed by atoms with van der Waals surface area (Å²) in [6.45, 7) is 2.89. The number of rotatable bonds is 3. The second-order valence-corrected chi connectivity index (χ2v) is 4.32. The number of carboxylic acids is 1. The number of carbonyl (C=O) groups excluding carboxylic acids is 1. The Balaban J connectivity index is 0.00000361. The minimum atomic E-state index is -4.95. The Morgan fingerprint density at radius 3 is 2.25 bits per heavy atom. The number of nitriles is 1. The number of nitrogens with zero attached hydrogens (tertiary/aromatic N) is 1. The SMILES string of the molecule is CC(C)(C#N)c1cc(OC(F)(F)F)cc(C(=O)[O-])c1.[Na+]. The van der Waals surface area contributed by atoms with Crippen LogP contribution in [0.3, 0.4) is 0 Å². The summed E-state index contributed by atoms with van der Waals surface area (Å²) in [5.41, 5.74) is -1.55. The van der Waals surface area contributed by atoms with E-state index >= 15 is 0 Å². The number of benzene rings is 1. The first-order valence-corrected chi connectivity index (χ1v) is 5.09. The molecule has 0 aliphatic heterocycles. The van der Waals surface area contributed by atoms with Gasteiger partial charge in [0.2, 0.25) is 0 Å². The van der Waals surface area contributed by atoms with E-state index in [1.165, 1.54) is 13.8 Å². The van der Waals surface area contributed by atoms with Gasteiger partial charge in [0.25, 0.3) is 0 Å². The van der Waals surface area contributed by atoms with E-state index in [0.717, 1.165) is 12.1 Å². The first-order valence-electron chi connectivity index (χ1n) is 5.09. The Morgan fingerprint density at radius 1 is 1.30 bits per heavy atom. The van der Waals surface area contributed by atoms with Crippen molar-refractivity contribution in [3.8, 4) is 11.8 Å². The summed E-state index contributed by atoms with van der Waals surface area (Å²) in [6, 6.07) is 4.62. The summed E-state index contributed by atoms with van der Waals surface area (Å²) < 4.78 is 40.1. The molecule has 4 nitrogen and oxygen atoms in total. The second kappa shape index (κ2) is 6.48. The van der Waals surface area contributed by atoms with Gasteiger partial charge < -0.3 is 14.6 Å². The van der Waals surface area contributed by atoms with Crippen LogP contribution in [0.25, 0.3) is 0 Å². The fourth-order valence-corrected chi connectivity index (χ4v) is 1.33. The number of ether oxygens (including phenoxy) is 1. The van der Waals surface area contributed by atoms with Crippen LogP contribution in [0, 0.1) is 11.3 Å². The first kappa shape index (κ1) is 18.8. The Labute approximate surface area is 135 Å². The predicted octanol–water partition coefficient (Wildman–Crippen LogP) is -1.25. The Hall–Kier alpha value is -1.23. The molecule has 0 amide bonds. The van der Waals surface area contributed by atoms with Crippen molar-refractivity contribution in [1.82, 2.24) is 0 Å². The molecule has 0 saturated carbocycles. The predicted molar refractivity (Wildman–Crippen MR) is 56.1 cm³/mol. The first-order chi connectivity index (χ1) is 8.55. The molecule has 102 valence electrons. The normalized spacial score (nSPS) is 11.2. The molecule has 1 aromatic carbocycles. The number of carbonyl (C=O) groups is 1. The largest absolute Gasteiger partial charge is 1.00 e. The smallest absolute Gasteiger partial charge is 0.545 e. The van der Waals surface area contributed by atoms with Crippen LogP contribution >= 0.6 is 0 Å². The quantitative estimate of drug-likeness (QED) is 0.653. The maximum atomic E-state index is 12.1. The molecule has 20 heavy (non-hydrogen) atoms. The molecule has 0 aromatic heterocycles. The minimum Gasteiger partial charge on any atom is -0.545 e. The van der Waals surface area contributed by atoms with Crippen LogP contribution in [0.1, 0.15) is 29.8 Å². The van der Waals surface area contributed by atoms with Gasteiger partial charge in [-0.3, -0.25) is 0 Å². The zero-order chi connectivity index (χ0) is 14.8. The molecule has 0 aliphatic rings. The fraction of sp³-hybridized carbons (Fsp3) is 0.333. The average Bonchev–Trinajstić information content (AvgIpc) is 2.26. The number of halogens is 3. The zero-order valence-corrected chi connectivity index (χ0v) is 13.0. The van der Waals surface area contributed by atoms with Gasteiger partial charge in [-0.05, 0) is 37.6 Å². The average molecular weight is 295 g/mol. The van der Waals surface area contributed by atoms with Crippen molar-refractivity contribution < 1.29 is 57.4 Å². The van der Waals surface area contributed by atoms with E-state index in [4.69, 9.17) is 5.26 Å². The monoisotopic (exact) mass is 295 g/mol. The van der Waals surface area contributed by atoms with Crippen LogP contribution in [0.5, 0.6) is 5.75 Å². The van der Waals surface area contributed by atoms with Gasteiger partial charge in [0.1, 0.15) is 5.75 Å². The van der Waals surface area contributed by atoms with Crippen molar-refractivity contribution in [2.75, 3.05) is 0 Å². The fourth-order valence-electron chi connectivity index (χ4n) is 1.33. The van der Waals surface area contributed by atoms with Crippen molar-refractivity contribution in [2.45, 2.75) is 25.6 Å². The van der Waals surface area contributed by atoms with Crippen LogP contribution in [0.4, 0.5) is 13.2 Å². The number of alkyl halides is 3. The number of hydrogen-bond donors (Lipinski definition) is 0. The molecule has 0 atom stereocenters. The molecule has 0 radical (unpaired) electrons. The van der Waals surface area contributed by atoms with Crippen molar-refractivity contribution in [3.05, 3.63) is 29.3 Å². The van der Waals surface area contributed by atoms with E-state index in [9.17, 15) is 23.1 Å². The van der Waals surface area contributed by atoms with Crippen molar-refractivity contribution in [1.29, 1.82) is 5.26 Å².